The Morgan fingerprint density at radius 3 is 2.63 bits per heavy atom. The first-order valence-electron chi connectivity index (χ1n) is 7.89. The van der Waals surface area contributed by atoms with Crippen molar-refractivity contribution in [2.75, 3.05) is 5.32 Å². The van der Waals surface area contributed by atoms with Crippen LogP contribution in [0.3, 0.4) is 0 Å². The first kappa shape index (κ1) is 19.3. The second kappa shape index (κ2) is 8.08. The minimum atomic E-state index is -0.567. The number of benzene rings is 1. The Hall–Kier alpha value is -2.42. The summed E-state index contributed by atoms with van der Waals surface area (Å²) in [6, 6.07) is 6.99. The number of ether oxygens (including phenoxy) is 1. The molecule has 0 spiro atoms. The zero-order valence-electron chi connectivity index (χ0n) is 14.5. The molecule has 0 saturated carbocycles. The monoisotopic (exact) mass is 421 g/mol. The number of nitrogens with one attached hydrogen (secondary N) is 1. The third-order valence-electron chi connectivity index (χ3n) is 3.82. The lowest BCUT2D eigenvalue weighted by atomic mass is 10.1. The molecule has 2 heterocycles. The zero-order chi connectivity index (χ0) is 19.6. The number of primary amides is 1. The SMILES string of the molecule is Cc1sc(NC(=O)c2csc(COc3ccc(Cl)cc3)n2)c(C(N)=O)c1C. The highest BCUT2D eigenvalue weighted by atomic mass is 35.5. The second-order valence-corrected chi connectivity index (χ2v) is 8.28. The van der Waals surface area contributed by atoms with Gasteiger partial charge in [0.25, 0.3) is 11.8 Å². The lowest BCUT2D eigenvalue weighted by Gasteiger charge is -2.04. The Morgan fingerprint density at radius 2 is 1.96 bits per heavy atom. The maximum atomic E-state index is 12.5. The van der Waals surface area contributed by atoms with Crippen LogP contribution in [-0.4, -0.2) is 16.8 Å². The molecule has 0 atom stereocenters. The molecule has 3 N–H and O–H groups in total. The number of anilines is 1. The van der Waals surface area contributed by atoms with E-state index in [9.17, 15) is 9.59 Å². The second-order valence-electron chi connectivity index (χ2n) is 5.67. The summed E-state index contributed by atoms with van der Waals surface area (Å²) in [7, 11) is 0. The summed E-state index contributed by atoms with van der Waals surface area (Å²) in [4.78, 5) is 29.3. The summed E-state index contributed by atoms with van der Waals surface area (Å²) in [5.74, 6) is -0.300. The molecule has 2 aromatic heterocycles. The van der Waals surface area contributed by atoms with Crippen molar-refractivity contribution in [3.05, 3.63) is 61.4 Å². The van der Waals surface area contributed by atoms with E-state index >= 15 is 0 Å². The topological polar surface area (TPSA) is 94.3 Å². The zero-order valence-corrected chi connectivity index (χ0v) is 16.9. The molecular weight excluding hydrogens is 406 g/mol. The fourth-order valence-electron chi connectivity index (χ4n) is 2.34. The van der Waals surface area contributed by atoms with Gasteiger partial charge in [-0.2, -0.15) is 0 Å². The fraction of sp³-hybridized carbons (Fsp3) is 0.167. The molecule has 3 rings (SSSR count). The number of nitrogens with zero attached hydrogens (tertiary/aromatic N) is 1. The van der Waals surface area contributed by atoms with E-state index in [2.05, 4.69) is 10.3 Å². The molecule has 0 aliphatic heterocycles. The summed E-state index contributed by atoms with van der Waals surface area (Å²) >= 11 is 8.47. The number of amides is 2. The molecule has 0 unspecified atom stereocenters. The van der Waals surface area contributed by atoms with Gasteiger partial charge in [0.15, 0.2) is 0 Å². The van der Waals surface area contributed by atoms with E-state index in [4.69, 9.17) is 22.1 Å². The number of hydrogen-bond acceptors (Lipinski definition) is 6. The van der Waals surface area contributed by atoms with Crippen LogP contribution < -0.4 is 15.8 Å². The molecule has 0 bridgehead atoms. The van der Waals surface area contributed by atoms with E-state index in [0.29, 0.717) is 26.3 Å². The Kier molecular flexibility index (Phi) is 5.79. The number of carbonyl (C=O) groups excluding carboxylic acids is 2. The highest BCUT2D eigenvalue weighted by Crippen LogP contribution is 2.32. The molecule has 6 nitrogen and oxygen atoms in total. The van der Waals surface area contributed by atoms with E-state index in [0.717, 1.165) is 10.4 Å². The number of nitrogens with two attached hydrogens (primary N) is 1. The molecule has 9 heteroatoms. The molecule has 0 aliphatic carbocycles. The van der Waals surface area contributed by atoms with Gasteiger partial charge in [0, 0.05) is 15.3 Å². The van der Waals surface area contributed by atoms with E-state index in [1.807, 2.05) is 6.92 Å². The molecule has 0 radical (unpaired) electrons. The van der Waals surface area contributed by atoms with Crippen LogP contribution in [0.2, 0.25) is 5.02 Å². The summed E-state index contributed by atoms with van der Waals surface area (Å²) in [6.07, 6.45) is 0. The van der Waals surface area contributed by atoms with Gasteiger partial charge in [-0.05, 0) is 43.7 Å². The lowest BCUT2D eigenvalue weighted by Crippen LogP contribution is -2.17. The van der Waals surface area contributed by atoms with E-state index < -0.39 is 11.8 Å². The standard InChI is InChI=1S/C18H16ClN3O3S2/c1-9-10(2)27-18(15(9)16(20)23)22-17(24)13-8-26-14(21-13)7-25-12-5-3-11(19)4-6-12/h3-6,8H,7H2,1-2H3,(H2,20,23)(H,22,24). The van der Waals surface area contributed by atoms with E-state index in [1.54, 1.807) is 36.6 Å². The quantitative estimate of drug-likeness (QED) is 0.616. The van der Waals surface area contributed by atoms with Crippen LogP contribution in [-0.2, 0) is 6.61 Å². The van der Waals surface area contributed by atoms with Gasteiger partial charge in [0.1, 0.15) is 28.1 Å². The number of aryl methyl sites for hydroxylation is 1. The van der Waals surface area contributed by atoms with Gasteiger partial charge in [-0.25, -0.2) is 4.98 Å². The predicted octanol–water partition coefficient (Wildman–Crippen LogP) is 4.41. The molecule has 2 amide bonds. The minimum Gasteiger partial charge on any atom is -0.486 e. The Labute approximate surface area is 169 Å². The van der Waals surface area contributed by atoms with Crippen molar-refractivity contribution in [2.45, 2.75) is 20.5 Å². The summed E-state index contributed by atoms with van der Waals surface area (Å²) in [6.45, 7) is 3.91. The number of hydrogen-bond donors (Lipinski definition) is 2. The van der Waals surface area contributed by atoms with Crippen LogP contribution in [0.15, 0.2) is 29.6 Å². The molecule has 0 fully saturated rings. The van der Waals surface area contributed by atoms with E-state index in [-0.39, 0.29) is 12.3 Å². The summed E-state index contributed by atoms with van der Waals surface area (Å²) in [5.41, 5.74) is 6.80. The largest absolute Gasteiger partial charge is 0.486 e. The van der Waals surface area contributed by atoms with Gasteiger partial charge in [0.2, 0.25) is 0 Å². The smallest absolute Gasteiger partial charge is 0.275 e. The van der Waals surface area contributed by atoms with Crippen molar-refractivity contribution in [1.82, 2.24) is 4.98 Å². The highest BCUT2D eigenvalue weighted by molar-refractivity contribution is 7.17. The Balaban J connectivity index is 1.67. The highest BCUT2D eigenvalue weighted by Gasteiger charge is 2.20. The number of carbonyl (C=O) groups is 2. The van der Waals surface area contributed by atoms with Crippen molar-refractivity contribution in [3.63, 3.8) is 0 Å². The Bertz CT molecular complexity index is 996. The van der Waals surface area contributed by atoms with Crippen LogP contribution in [0.1, 0.15) is 36.3 Å². The Morgan fingerprint density at radius 1 is 1.26 bits per heavy atom. The average molecular weight is 422 g/mol. The first-order chi connectivity index (χ1) is 12.8. The molecule has 140 valence electrons. The number of halogens is 1. The van der Waals surface area contributed by atoms with Crippen LogP contribution in [0, 0.1) is 13.8 Å². The van der Waals surface area contributed by atoms with Gasteiger partial charge in [0.05, 0.1) is 5.56 Å². The normalized spacial score (nSPS) is 10.6. The van der Waals surface area contributed by atoms with Gasteiger partial charge in [-0.1, -0.05) is 11.6 Å². The average Bonchev–Trinajstić information content (AvgIpc) is 3.20. The number of rotatable bonds is 6. The molecular formula is C18H16ClN3O3S2. The van der Waals surface area contributed by atoms with Crippen molar-refractivity contribution < 1.29 is 14.3 Å². The maximum Gasteiger partial charge on any atom is 0.275 e. The van der Waals surface area contributed by atoms with Crippen molar-refractivity contribution in [3.8, 4) is 5.75 Å². The third-order valence-corrected chi connectivity index (χ3v) is 6.02. The summed E-state index contributed by atoms with van der Waals surface area (Å²) in [5, 5.41) is 6.10. The molecule has 0 aliphatic rings. The molecule has 0 saturated heterocycles. The van der Waals surface area contributed by atoms with Gasteiger partial charge >= 0.3 is 0 Å². The van der Waals surface area contributed by atoms with Crippen molar-refractivity contribution >= 4 is 51.1 Å². The molecule has 27 heavy (non-hydrogen) atoms. The van der Waals surface area contributed by atoms with Gasteiger partial charge < -0.3 is 15.8 Å². The third kappa shape index (κ3) is 4.47. The summed E-state index contributed by atoms with van der Waals surface area (Å²) < 4.78 is 5.63. The lowest BCUT2D eigenvalue weighted by molar-refractivity contribution is 0.100. The predicted molar refractivity (Wildman–Crippen MR) is 108 cm³/mol. The van der Waals surface area contributed by atoms with Crippen molar-refractivity contribution in [2.24, 2.45) is 5.73 Å². The fourth-order valence-corrected chi connectivity index (χ4v) is 4.21. The molecule has 1 aromatic carbocycles. The van der Waals surface area contributed by atoms with E-state index in [1.165, 1.54) is 22.7 Å². The van der Waals surface area contributed by atoms with Crippen LogP contribution in [0.25, 0.3) is 0 Å². The molecule has 3 aromatic rings. The van der Waals surface area contributed by atoms with Gasteiger partial charge in [-0.15, -0.1) is 22.7 Å². The maximum absolute atomic E-state index is 12.5. The van der Waals surface area contributed by atoms with Crippen LogP contribution in [0.5, 0.6) is 5.75 Å². The first-order valence-corrected chi connectivity index (χ1v) is 9.96. The van der Waals surface area contributed by atoms with Crippen LogP contribution >= 0.6 is 34.3 Å². The number of thiophene rings is 1. The van der Waals surface area contributed by atoms with Crippen LogP contribution in [0.4, 0.5) is 5.00 Å². The van der Waals surface area contributed by atoms with Crippen molar-refractivity contribution in [1.29, 1.82) is 0 Å². The number of aromatic nitrogens is 1. The number of thiazole rings is 1. The minimum absolute atomic E-state index is 0.239. The van der Waals surface area contributed by atoms with Gasteiger partial charge in [-0.3, -0.25) is 9.59 Å².